The molecular weight excluding hydrogens is 320 g/mol. The van der Waals surface area contributed by atoms with E-state index in [2.05, 4.69) is 20.8 Å². The summed E-state index contributed by atoms with van der Waals surface area (Å²) in [5.74, 6) is -0.969. The normalized spacial score (nSPS) is 10.1. The van der Waals surface area contributed by atoms with Gasteiger partial charge < -0.3 is 10.4 Å². The van der Waals surface area contributed by atoms with Crippen LogP contribution in [0.4, 0.5) is 15.8 Å². The van der Waals surface area contributed by atoms with Crippen LogP contribution < -0.4 is 15.6 Å². The Bertz CT molecular complexity index is 744. The van der Waals surface area contributed by atoms with E-state index in [0.717, 1.165) is 11.3 Å². The molecule has 0 saturated heterocycles. The molecule has 0 spiro atoms. The number of rotatable bonds is 6. The van der Waals surface area contributed by atoms with E-state index in [4.69, 9.17) is 0 Å². The number of phenolic OH excluding ortho intramolecular Hbond substituents is 1. The molecule has 0 radical (unpaired) electrons. The molecule has 4 N–H and O–H groups in total. The number of carbonyl (C=O) groups excluding carboxylic acids is 2. The van der Waals surface area contributed by atoms with Crippen molar-refractivity contribution in [3.8, 4) is 5.75 Å². The van der Waals surface area contributed by atoms with Gasteiger partial charge in [-0.15, -0.1) is 4.91 Å². The van der Waals surface area contributed by atoms with Gasteiger partial charge in [0.25, 0.3) is 0 Å². The lowest BCUT2D eigenvalue weighted by Crippen LogP contribution is -2.17. The number of benzene rings is 1. The van der Waals surface area contributed by atoms with Crippen molar-refractivity contribution in [2.75, 3.05) is 10.6 Å². The number of aromatic hydroxyl groups is 1. The van der Waals surface area contributed by atoms with E-state index in [1.54, 1.807) is 0 Å². The van der Waals surface area contributed by atoms with Gasteiger partial charge in [-0.3, -0.25) is 4.79 Å². The molecule has 120 valence electrons. The fourth-order valence-corrected chi connectivity index (χ4v) is 2.44. The number of phenols is 1. The van der Waals surface area contributed by atoms with Gasteiger partial charge in [-0.1, -0.05) is 6.92 Å². The van der Waals surface area contributed by atoms with Crippen molar-refractivity contribution >= 4 is 39.0 Å². The van der Waals surface area contributed by atoms with E-state index in [9.17, 15) is 19.6 Å². The molecule has 23 heavy (non-hydrogen) atoms. The maximum atomic E-state index is 12.2. The average Bonchev–Trinajstić information content (AvgIpc) is 2.97. The zero-order valence-electron chi connectivity index (χ0n) is 12.3. The molecule has 2 amide bonds. The monoisotopic (exact) mass is 335 g/mol. The summed E-state index contributed by atoms with van der Waals surface area (Å²) in [4.78, 5) is 36.8. The minimum absolute atomic E-state index is 0.00158. The highest BCUT2D eigenvalue weighted by Crippen LogP contribution is 2.25. The third kappa shape index (κ3) is 4.33. The van der Waals surface area contributed by atoms with Crippen LogP contribution in [0.15, 0.2) is 29.6 Å². The molecule has 9 heteroatoms. The number of hydrogen-bond acceptors (Lipinski definition) is 6. The maximum Gasteiger partial charge on any atom is 0.343 e. The van der Waals surface area contributed by atoms with Gasteiger partial charge in [-0.2, -0.15) is 5.32 Å². The van der Waals surface area contributed by atoms with Crippen LogP contribution in [-0.4, -0.2) is 16.9 Å². The molecule has 0 aliphatic heterocycles. The minimum Gasteiger partial charge on any atom is -0.507 e. The van der Waals surface area contributed by atoms with E-state index in [0.29, 0.717) is 23.7 Å². The molecule has 0 unspecified atom stereocenters. The number of hydrogen-bond donors (Lipinski definition) is 3. The Morgan fingerprint density at radius 1 is 1.35 bits per heavy atom. The fraction of sp³-hybridized carbons (Fsp3) is 0.214. The first-order valence-electron chi connectivity index (χ1n) is 6.82. The molecule has 8 nitrogen and oxygen atoms in total. The summed E-state index contributed by atoms with van der Waals surface area (Å²) in [6.07, 6.45) is 2.43. The number of thiazole rings is 1. The summed E-state index contributed by atoms with van der Waals surface area (Å²) in [7, 11) is 0. The first-order valence-corrected chi connectivity index (χ1v) is 7.64. The summed E-state index contributed by atoms with van der Waals surface area (Å²) in [6.45, 7) is 1.88. The molecule has 0 aliphatic carbocycles. The van der Waals surface area contributed by atoms with Gasteiger partial charge in [-0.25, -0.2) is 9.78 Å². The molecule has 1 aromatic carbocycles. The Morgan fingerprint density at radius 3 is 2.78 bits per heavy atom. The lowest BCUT2D eigenvalue weighted by atomic mass is 10.1. The molecule has 0 fully saturated rings. The first-order chi connectivity index (χ1) is 11.0. The van der Waals surface area contributed by atoms with Gasteiger partial charge in [0, 0.05) is 12.1 Å². The van der Waals surface area contributed by atoms with E-state index >= 15 is 0 Å². The Morgan fingerprint density at radius 2 is 2.13 bits per heavy atom. The van der Waals surface area contributed by atoms with Crippen LogP contribution in [0.5, 0.6) is 5.75 Å². The second-order valence-electron chi connectivity index (χ2n) is 4.63. The van der Waals surface area contributed by atoms with Gasteiger partial charge in [0.05, 0.1) is 0 Å². The summed E-state index contributed by atoms with van der Waals surface area (Å²) in [5, 5.41) is 18.2. The lowest BCUT2D eigenvalue weighted by Gasteiger charge is -2.07. The SMILES string of the molecule is CCCC(=O)Nc1ccc(O)c(C(=O)Nc2[nH+]cc(N=O)s2)c1. The Balaban J connectivity index is 2.15. The molecule has 1 aromatic heterocycles. The fourth-order valence-electron chi connectivity index (χ4n) is 1.81. The topological polar surface area (TPSA) is 122 Å². The number of aromatic amines is 1. The van der Waals surface area contributed by atoms with Gasteiger partial charge in [0.1, 0.15) is 17.5 Å². The second kappa shape index (κ2) is 7.45. The maximum absolute atomic E-state index is 12.2. The lowest BCUT2D eigenvalue weighted by molar-refractivity contribution is -0.353. The number of nitroso groups, excluding NO2 is 1. The smallest absolute Gasteiger partial charge is 0.343 e. The third-order valence-electron chi connectivity index (χ3n) is 2.85. The highest BCUT2D eigenvalue weighted by molar-refractivity contribution is 7.18. The summed E-state index contributed by atoms with van der Waals surface area (Å²) >= 11 is 0.965. The number of nitrogens with one attached hydrogen (secondary N) is 3. The number of nitrogens with zero attached hydrogens (tertiary/aromatic N) is 1. The van der Waals surface area contributed by atoms with Crippen LogP contribution in [0.3, 0.4) is 0 Å². The number of anilines is 2. The summed E-state index contributed by atoms with van der Waals surface area (Å²) in [6, 6.07) is 4.21. The average molecular weight is 335 g/mol. The van der Waals surface area contributed by atoms with Crippen molar-refractivity contribution < 1.29 is 19.7 Å². The van der Waals surface area contributed by atoms with E-state index in [1.807, 2.05) is 6.92 Å². The molecular formula is C14H15N4O4S+. The number of H-pyrrole nitrogens is 1. The van der Waals surface area contributed by atoms with Crippen LogP contribution in [0, 0.1) is 4.91 Å². The predicted molar refractivity (Wildman–Crippen MR) is 85.9 cm³/mol. The van der Waals surface area contributed by atoms with Crippen LogP contribution in [-0.2, 0) is 4.79 Å². The summed E-state index contributed by atoms with van der Waals surface area (Å²) in [5.41, 5.74) is 0.415. The molecule has 2 rings (SSSR count). The van der Waals surface area contributed by atoms with Crippen LogP contribution in [0.1, 0.15) is 30.1 Å². The Hall–Kier alpha value is -2.81. The second-order valence-corrected chi connectivity index (χ2v) is 5.66. The van der Waals surface area contributed by atoms with Crippen molar-refractivity contribution in [1.82, 2.24) is 0 Å². The number of aromatic nitrogens is 1. The molecule has 1 heterocycles. The van der Waals surface area contributed by atoms with Crippen molar-refractivity contribution in [1.29, 1.82) is 0 Å². The van der Waals surface area contributed by atoms with Gasteiger partial charge in [-0.05, 0) is 41.1 Å². The zero-order valence-corrected chi connectivity index (χ0v) is 13.1. The van der Waals surface area contributed by atoms with Gasteiger partial charge in [0.2, 0.25) is 10.9 Å². The molecule has 2 aromatic rings. The van der Waals surface area contributed by atoms with Crippen molar-refractivity contribution in [3.05, 3.63) is 34.9 Å². The number of carbonyl (C=O) groups is 2. The third-order valence-corrected chi connectivity index (χ3v) is 3.68. The zero-order chi connectivity index (χ0) is 16.8. The van der Waals surface area contributed by atoms with Crippen molar-refractivity contribution in [2.45, 2.75) is 19.8 Å². The van der Waals surface area contributed by atoms with Crippen molar-refractivity contribution in [3.63, 3.8) is 0 Å². The first kappa shape index (κ1) is 16.6. The standard InChI is InChI=1S/C14H14N4O4S/c1-2-3-11(20)16-8-4-5-10(19)9(6-8)13(21)17-14-15-7-12(18-22)23-14/h4-7,19H,2-3H2,1H3,(H,16,20)(H,15,17,21)/p+1. The van der Waals surface area contributed by atoms with Gasteiger partial charge in [0.15, 0.2) is 0 Å². The predicted octanol–water partition coefficient (Wildman–Crippen LogP) is 2.66. The highest BCUT2D eigenvalue weighted by Gasteiger charge is 2.20. The van der Waals surface area contributed by atoms with Gasteiger partial charge >= 0.3 is 11.0 Å². The highest BCUT2D eigenvalue weighted by atomic mass is 32.1. The summed E-state index contributed by atoms with van der Waals surface area (Å²) < 4.78 is 0. The molecule has 0 atom stereocenters. The molecule has 0 saturated carbocycles. The van der Waals surface area contributed by atoms with Crippen LogP contribution in [0.25, 0.3) is 0 Å². The van der Waals surface area contributed by atoms with E-state index in [1.165, 1.54) is 24.4 Å². The van der Waals surface area contributed by atoms with E-state index in [-0.39, 0.29) is 22.2 Å². The largest absolute Gasteiger partial charge is 0.507 e. The molecule has 0 bridgehead atoms. The Labute approximate surface area is 135 Å². The van der Waals surface area contributed by atoms with E-state index < -0.39 is 5.91 Å². The quantitative estimate of drug-likeness (QED) is 0.555. The van der Waals surface area contributed by atoms with Crippen LogP contribution in [0.2, 0.25) is 0 Å². The van der Waals surface area contributed by atoms with Crippen molar-refractivity contribution in [2.24, 2.45) is 5.18 Å². The Kier molecular flexibility index (Phi) is 5.36. The molecule has 0 aliphatic rings. The van der Waals surface area contributed by atoms with Crippen LogP contribution >= 0.6 is 11.3 Å². The minimum atomic E-state index is -0.579. The number of amides is 2.